The lowest BCUT2D eigenvalue weighted by Crippen LogP contribution is -2.18. The molecule has 0 aromatic heterocycles. The maximum Gasteiger partial charge on any atom is 0.332 e. The summed E-state index contributed by atoms with van der Waals surface area (Å²) in [6, 6.07) is 0. The molecule has 0 fully saturated rings. The standard InChI is InChI=1S/C16H30O3/c1-4-6-7-8-9-10-11-12-13-14-16(18-3)19-15(17)5-2/h5,16H,2,4,6-14H2,1,3H3. The number of ether oxygens (including phenoxy) is 2. The summed E-state index contributed by atoms with van der Waals surface area (Å²) >= 11 is 0. The zero-order valence-electron chi connectivity index (χ0n) is 12.7. The van der Waals surface area contributed by atoms with Gasteiger partial charge in [-0.2, -0.15) is 0 Å². The van der Waals surface area contributed by atoms with Crippen LogP contribution in [0.2, 0.25) is 0 Å². The normalized spacial score (nSPS) is 12.1. The molecule has 0 radical (unpaired) electrons. The summed E-state index contributed by atoms with van der Waals surface area (Å²) < 4.78 is 10.1. The van der Waals surface area contributed by atoms with Crippen molar-refractivity contribution in [3.05, 3.63) is 12.7 Å². The largest absolute Gasteiger partial charge is 0.433 e. The Morgan fingerprint density at radius 1 is 1.05 bits per heavy atom. The van der Waals surface area contributed by atoms with Crippen LogP contribution in [0.5, 0.6) is 0 Å². The first kappa shape index (κ1) is 18.2. The van der Waals surface area contributed by atoms with Gasteiger partial charge in [0.05, 0.1) is 0 Å². The van der Waals surface area contributed by atoms with Crippen LogP contribution in [0.25, 0.3) is 0 Å². The molecule has 1 unspecified atom stereocenters. The van der Waals surface area contributed by atoms with Gasteiger partial charge in [0.2, 0.25) is 6.29 Å². The molecule has 0 bridgehead atoms. The molecule has 3 nitrogen and oxygen atoms in total. The first-order valence-electron chi connectivity index (χ1n) is 7.60. The molecule has 0 saturated heterocycles. The van der Waals surface area contributed by atoms with E-state index < -0.39 is 12.3 Å². The van der Waals surface area contributed by atoms with E-state index >= 15 is 0 Å². The average Bonchev–Trinajstić information content (AvgIpc) is 2.43. The van der Waals surface area contributed by atoms with E-state index in [2.05, 4.69) is 13.5 Å². The van der Waals surface area contributed by atoms with Gasteiger partial charge in [-0.05, 0) is 6.42 Å². The van der Waals surface area contributed by atoms with Crippen molar-refractivity contribution in [2.75, 3.05) is 7.11 Å². The van der Waals surface area contributed by atoms with E-state index in [0.29, 0.717) is 0 Å². The lowest BCUT2D eigenvalue weighted by Gasteiger charge is -2.14. The molecule has 0 N–H and O–H groups in total. The highest BCUT2D eigenvalue weighted by Gasteiger charge is 2.10. The van der Waals surface area contributed by atoms with Crippen molar-refractivity contribution in [3.63, 3.8) is 0 Å². The Hall–Kier alpha value is -0.830. The van der Waals surface area contributed by atoms with E-state index in [0.717, 1.165) is 12.8 Å². The summed E-state index contributed by atoms with van der Waals surface area (Å²) in [5.74, 6) is -0.414. The molecular formula is C16H30O3. The summed E-state index contributed by atoms with van der Waals surface area (Å²) in [5, 5.41) is 0. The van der Waals surface area contributed by atoms with Crippen LogP contribution in [0.4, 0.5) is 0 Å². The van der Waals surface area contributed by atoms with E-state index in [1.165, 1.54) is 57.4 Å². The Kier molecular flexibility index (Phi) is 13.0. The fraction of sp³-hybridized carbons (Fsp3) is 0.812. The van der Waals surface area contributed by atoms with Crippen LogP contribution < -0.4 is 0 Å². The van der Waals surface area contributed by atoms with Crippen molar-refractivity contribution >= 4 is 5.97 Å². The molecule has 19 heavy (non-hydrogen) atoms. The summed E-state index contributed by atoms with van der Waals surface area (Å²) in [6.45, 7) is 5.61. The Balaban J connectivity index is 3.36. The second kappa shape index (κ2) is 13.6. The highest BCUT2D eigenvalue weighted by atomic mass is 16.7. The maximum absolute atomic E-state index is 11.0. The predicted molar refractivity (Wildman–Crippen MR) is 78.9 cm³/mol. The maximum atomic E-state index is 11.0. The van der Waals surface area contributed by atoms with Gasteiger partial charge in [-0.1, -0.05) is 64.9 Å². The second-order valence-corrected chi connectivity index (χ2v) is 4.92. The molecule has 0 rings (SSSR count). The van der Waals surface area contributed by atoms with Crippen molar-refractivity contribution in [3.8, 4) is 0 Å². The van der Waals surface area contributed by atoms with Gasteiger partial charge in [0.25, 0.3) is 0 Å². The highest BCUT2D eigenvalue weighted by molar-refractivity contribution is 5.81. The van der Waals surface area contributed by atoms with Crippen molar-refractivity contribution < 1.29 is 14.3 Å². The van der Waals surface area contributed by atoms with Crippen LogP contribution in [0.1, 0.15) is 71.1 Å². The van der Waals surface area contributed by atoms with Crippen LogP contribution in [-0.4, -0.2) is 19.4 Å². The monoisotopic (exact) mass is 270 g/mol. The molecule has 0 aliphatic carbocycles. The lowest BCUT2D eigenvalue weighted by atomic mass is 10.1. The van der Waals surface area contributed by atoms with Gasteiger partial charge in [0, 0.05) is 19.6 Å². The van der Waals surface area contributed by atoms with Gasteiger partial charge in [-0.25, -0.2) is 4.79 Å². The molecule has 0 aromatic carbocycles. The Bertz CT molecular complexity index is 226. The first-order valence-corrected chi connectivity index (χ1v) is 7.60. The molecule has 0 spiro atoms. The van der Waals surface area contributed by atoms with Crippen LogP contribution >= 0.6 is 0 Å². The van der Waals surface area contributed by atoms with Crippen molar-refractivity contribution in [1.82, 2.24) is 0 Å². The number of hydrogen-bond donors (Lipinski definition) is 0. The number of unbranched alkanes of at least 4 members (excludes halogenated alkanes) is 8. The van der Waals surface area contributed by atoms with Crippen LogP contribution in [0.15, 0.2) is 12.7 Å². The highest BCUT2D eigenvalue weighted by Crippen LogP contribution is 2.12. The zero-order chi connectivity index (χ0) is 14.3. The minimum atomic E-state index is -0.421. The van der Waals surface area contributed by atoms with E-state index in [9.17, 15) is 4.79 Å². The third-order valence-corrected chi connectivity index (χ3v) is 3.22. The van der Waals surface area contributed by atoms with Gasteiger partial charge in [0.15, 0.2) is 0 Å². The molecular weight excluding hydrogens is 240 g/mol. The van der Waals surface area contributed by atoms with Crippen molar-refractivity contribution in [1.29, 1.82) is 0 Å². The van der Waals surface area contributed by atoms with Crippen LogP contribution in [-0.2, 0) is 14.3 Å². The van der Waals surface area contributed by atoms with Gasteiger partial charge >= 0.3 is 5.97 Å². The van der Waals surface area contributed by atoms with E-state index in [1.54, 1.807) is 7.11 Å². The topological polar surface area (TPSA) is 35.5 Å². The molecule has 0 aromatic rings. The molecule has 0 saturated carbocycles. The SMILES string of the molecule is C=CC(=O)OC(CCCCCCCCCCC)OC. The van der Waals surface area contributed by atoms with Gasteiger partial charge in [-0.3, -0.25) is 0 Å². The molecule has 3 heteroatoms. The van der Waals surface area contributed by atoms with Gasteiger partial charge in [-0.15, -0.1) is 0 Å². The fourth-order valence-corrected chi connectivity index (χ4v) is 2.02. The fourth-order valence-electron chi connectivity index (χ4n) is 2.02. The number of esters is 1. The molecule has 0 amide bonds. The zero-order valence-corrected chi connectivity index (χ0v) is 12.7. The average molecular weight is 270 g/mol. The van der Waals surface area contributed by atoms with E-state index in [-0.39, 0.29) is 0 Å². The Morgan fingerprint density at radius 2 is 1.58 bits per heavy atom. The Morgan fingerprint density at radius 3 is 2.05 bits per heavy atom. The summed E-state index contributed by atoms with van der Waals surface area (Å²) in [4.78, 5) is 11.0. The smallest absolute Gasteiger partial charge is 0.332 e. The Labute approximate surface area is 118 Å². The minimum absolute atomic E-state index is 0.414. The molecule has 0 heterocycles. The number of rotatable bonds is 13. The van der Waals surface area contributed by atoms with Crippen molar-refractivity contribution in [2.24, 2.45) is 0 Å². The summed E-state index contributed by atoms with van der Waals surface area (Å²) in [7, 11) is 1.56. The molecule has 0 aliphatic heterocycles. The number of carbonyl (C=O) groups excluding carboxylic acids is 1. The van der Waals surface area contributed by atoms with Crippen LogP contribution in [0, 0.1) is 0 Å². The summed E-state index contributed by atoms with van der Waals surface area (Å²) in [6.07, 6.45) is 13.1. The van der Waals surface area contributed by atoms with E-state index in [1.807, 2.05) is 0 Å². The van der Waals surface area contributed by atoms with Crippen LogP contribution in [0.3, 0.4) is 0 Å². The van der Waals surface area contributed by atoms with Gasteiger partial charge < -0.3 is 9.47 Å². The lowest BCUT2D eigenvalue weighted by molar-refractivity contribution is -0.168. The third-order valence-electron chi connectivity index (χ3n) is 3.22. The molecule has 112 valence electrons. The number of carbonyl (C=O) groups is 1. The second-order valence-electron chi connectivity index (χ2n) is 4.92. The quantitative estimate of drug-likeness (QED) is 0.212. The number of hydrogen-bond acceptors (Lipinski definition) is 3. The molecule has 0 aliphatic rings. The van der Waals surface area contributed by atoms with Crippen molar-refractivity contribution in [2.45, 2.75) is 77.4 Å². The number of methoxy groups -OCH3 is 1. The first-order chi connectivity index (χ1) is 9.24. The summed E-state index contributed by atoms with van der Waals surface area (Å²) in [5.41, 5.74) is 0. The van der Waals surface area contributed by atoms with E-state index in [4.69, 9.17) is 9.47 Å². The van der Waals surface area contributed by atoms with Gasteiger partial charge in [0.1, 0.15) is 0 Å². The molecule has 1 atom stereocenters. The minimum Gasteiger partial charge on any atom is -0.433 e. The third kappa shape index (κ3) is 12.0. The predicted octanol–water partition coefficient (Wildman–Crippen LogP) is 4.61.